The molecule has 0 radical (unpaired) electrons. The summed E-state index contributed by atoms with van der Waals surface area (Å²) in [5, 5.41) is 11.8. The first-order valence-electron chi connectivity index (χ1n) is 7.21. The third kappa shape index (κ3) is 2.26. The summed E-state index contributed by atoms with van der Waals surface area (Å²) >= 11 is 1.25. The lowest BCUT2D eigenvalue weighted by atomic mass is 10.1. The monoisotopic (exact) mass is 336 g/mol. The number of hydrogen-bond acceptors (Lipinski definition) is 5. The summed E-state index contributed by atoms with van der Waals surface area (Å²) in [6.45, 7) is 0. The first-order valence-corrected chi connectivity index (χ1v) is 8.03. The van der Waals surface area contributed by atoms with Gasteiger partial charge >= 0.3 is 0 Å². The van der Waals surface area contributed by atoms with Gasteiger partial charge in [0.2, 0.25) is 5.88 Å². The van der Waals surface area contributed by atoms with E-state index >= 15 is 0 Å². The maximum absolute atomic E-state index is 12.3. The van der Waals surface area contributed by atoms with E-state index in [9.17, 15) is 9.90 Å². The number of aromatic hydroxyl groups is 1. The largest absolute Gasteiger partial charge is 0.493 e. The molecule has 1 aromatic carbocycles. The van der Waals surface area contributed by atoms with Gasteiger partial charge in [-0.1, -0.05) is 29.5 Å². The highest BCUT2D eigenvalue weighted by atomic mass is 32.1. The van der Waals surface area contributed by atoms with Crippen molar-refractivity contribution < 1.29 is 9.90 Å². The Morgan fingerprint density at radius 3 is 2.83 bits per heavy atom. The molecule has 0 saturated heterocycles. The minimum Gasteiger partial charge on any atom is -0.493 e. The van der Waals surface area contributed by atoms with Crippen molar-refractivity contribution in [2.24, 2.45) is 17.0 Å². The van der Waals surface area contributed by atoms with Gasteiger partial charge < -0.3 is 5.11 Å². The van der Waals surface area contributed by atoms with Crippen molar-refractivity contribution in [2.45, 2.75) is 0 Å². The molecular formula is C17H12N4O2S. The van der Waals surface area contributed by atoms with E-state index in [-0.39, 0.29) is 11.8 Å². The van der Waals surface area contributed by atoms with Crippen LogP contribution in [0.4, 0.5) is 5.69 Å². The van der Waals surface area contributed by atoms with Crippen LogP contribution in [-0.4, -0.2) is 20.6 Å². The highest BCUT2D eigenvalue weighted by Gasteiger charge is 2.24. The Hall–Kier alpha value is -3.06. The molecule has 0 unspecified atom stereocenters. The molecule has 0 saturated carbocycles. The van der Waals surface area contributed by atoms with Crippen LogP contribution in [0.3, 0.4) is 0 Å². The van der Waals surface area contributed by atoms with E-state index in [1.807, 2.05) is 24.3 Å². The number of nitrogens with zero attached hydrogens (tertiary/aromatic N) is 4. The van der Waals surface area contributed by atoms with Crippen molar-refractivity contribution in [1.29, 1.82) is 0 Å². The van der Waals surface area contributed by atoms with Crippen molar-refractivity contribution in [3.8, 4) is 5.88 Å². The number of rotatable bonds is 2. The first kappa shape index (κ1) is 14.5. The van der Waals surface area contributed by atoms with E-state index in [4.69, 9.17) is 0 Å². The van der Waals surface area contributed by atoms with Crippen LogP contribution in [0.25, 0.3) is 5.57 Å². The van der Waals surface area contributed by atoms with Gasteiger partial charge in [0, 0.05) is 18.5 Å². The summed E-state index contributed by atoms with van der Waals surface area (Å²) < 4.78 is 1.55. The number of amides is 1. The molecule has 0 atom stereocenters. The average Bonchev–Trinajstić information content (AvgIpc) is 3.06. The molecule has 7 heteroatoms. The second-order valence-corrected chi connectivity index (χ2v) is 6.21. The summed E-state index contributed by atoms with van der Waals surface area (Å²) in [4.78, 5) is 25.9. The Morgan fingerprint density at radius 2 is 2.04 bits per heavy atom. The van der Waals surface area contributed by atoms with E-state index in [2.05, 4.69) is 15.0 Å². The summed E-state index contributed by atoms with van der Waals surface area (Å²) in [6, 6.07) is 10.9. The molecule has 1 N–H and O–H groups in total. The zero-order valence-corrected chi connectivity index (χ0v) is 13.5. The predicted octanol–water partition coefficient (Wildman–Crippen LogP) is 0.778. The van der Waals surface area contributed by atoms with Crippen molar-refractivity contribution in [3.63, 3.8) is 0 Å². The Labute approximate surface area is 140 Å². The van der Waals surface area contributed by atoms with Crippen molar-refractivity contribution in [2.75, 3.05) is 0 Å². The number of carbonyl (C=O) groups excluding carboxylic acids is 1. The minimum absolute atomic E-state index is 0.00195. The number of aromatic nitrogens is 2. The van der Waals surface area contributed by atoms with E-state index in [0.717, 1.165) is 5.22 Å². The van der Waals surface area contributed by atoms with Crippen LogP contribution >= 0.6 is 11.3 Å². The lowest BCUT2D eigenvalue weighted by molar-refractivity contribution is -0.112. The van der Waals surface area contributed by atoms with Gasteiger partial charge in [0.1, 0.15) is 4.88 Å². The zero-order valence-electron chi connectivity index (χ0n) is 12.7. The first-order chi connectivity index (χ1) is 11.6. The molecule has 1 aliphatic rings. The van der Waals surface area contributed by atoms with Gasteiger partial charge in [0.05, 0.1) is 22.8 Å². The maximum atomic E-state index is 12.3. The summed E-state index contributed by atoms with van der Waals surface area (Å²) in [5.74, 6) is -0.348. The van der Waals surface area contributed by atoms with Crippen LogP contribution < -0.4 is 15.4 Å². The third-order valence-corrected chi connectivity index (χ3v) is 4.85. The second kappa shape index (κ2) is 5.54. The molecule has 1 aliphatic heterocycles. The van der Waals surface area contributed by atoms with E-state index in [0.29, 0.717) is 26.3 Å². The number of hydrogen-bond donors (Lipinski definition) is 1. The lowest BCUT2D eigenvalue weighted by Gasteiger charge is -1.98. The van der Waals surface area contributed by atoms with Crippen molar-refractivity contribution in [3.05, 3.63) is 69.0 Å². The van der Waals surface area contributed by atoms with Crippen LogP contribution in [0.1, 0.15) is 4.88 Å². The minimum atomic E-state index is -0.346. The molecule has 0 spiro atoms. The number of carbonyl (C=O) groups is 1. The molecule has 2 aromatic heterocycles. The van der Waals surface area contributed by atoms with Crippen molar-refractivity contribution >= 4 is 28.5 Å². The Balaban J connectivity index is 1.97. The number of benzene rings is 1. The molecule has 0 fully saturated rings. The molecule has 0 aliphatic carbocycles. The van der Waals surface area contributed by atoms with Crippen LogP contribution in [-0.2, 0) is 11.8 Å². The fourth-order valence-corrected chi connectivity index (χ4v) is 3.61. The van der Waals surface area contributed by atoms with Gasteiger partial charge in [-0.05, 0) is 18.2 Å². The number of para-hydroxylation sites is 1. The van der Waals surface area contributed by atoms with Gasteiger partial charge in [-0.15, -0.1) is 0 Å². The lowest BCUT2D eigenvalue weighted by Crippen LogP contribution is -2.22. The van der Waals surface area contributed by atoms with Crippen LogP contribution in [0.5, 0.6) is 5.88 Å². The molecule has 4 rings (SSSR count). The molecule has 3 heterocycles. The fraction of sp³-hybridized carbons (Fsp3) is 0.0588. The van der Waals surface area contributed by atoms with Crippen molar-refractivity contribution in [1.82, 2.24) is 9.55 Å². The topological polar surface area (TPSA) is 79.8 Å². The second-order valence-electron chi connectivity index (χ2n) is 5.23. The normalized spacial score (nSPS) is 14.0. The van der Waals surface area contributed by atoms with E-state index in [1.54, 1.807) is 36.1 Å². The summed E-state index contributed by atoms with van der Waals surface area (Å²) in [5.41, 5.74) is 1.09. The van der Waals surface area contributed by atoms with Crippen LogP contribution in [0.2, 0.25) is 0 Å². The van der Waals surface area contributed by atoms with Crippen LogP contribution in [0.15, 0.2) is 58.8 Å². The molecule has 6 nitrogen and oxygen atoms in total. The quantitative estimate of drug-likeness (QED) is 0.751. The highest BCUT2D eigenvalue weighted by molar-refractivity contribution is 7.11. The smallest absolute Gasteiger partial charge is 0.279 e. The van der Waals surface area contributed by atoms with Gasteiger partial charge in [0.15, 0.2) is 4.80 Å². The fourth-order valence-electron chi connectivity index (χ4n) is 2.52. The summed E-state index contributed by atoms with van der Waals surface area (Å²) in [6.07, 6.45) is 3.30. The van der Waals surface area contributed by atoms with Crippen LogP contribution in [0, 0.1) is 0 Å². The molecule has 0 bridgehead atoms. The van der Waals surface area contributed by atoms with Gasteiger partial charge in [-0.2, -0.15) is 0 Å². The molecule has 24 heavy (non-hydrogen) atoms. The Bertz CT molecular complexity index is 1140. The van der Waals surface area contributed by atoms with Gasteiger partial charge in [0.25, 0.3) is 5.91 Å². The average molecular weight is 336 g/mol. The van der Waals surface area contributed by atoms with E-state index < -0.39 is 0 Å². The standard InChI is InChI=1S/C17H12N4O2S/c1-21-16(23)14(24-17(21)19-10-5-4-8-18-9-10)13-11-6-2-3-7-12(11)20-15(13)22/h2-9,23H,1H3. The van der Waals surface area contributed by atoms with Gasteiger partial charge in [-0.25, -0.2) is 9.98 Å². The zero-order chi connectivity index (χ0) is 16.7. The van der Waals surface area contributed by atoms with Gasteiger partial charge in [-0.3, -0.25) is 14.3 Å². The molecular weight excluding hydrogens is 324 g/mol. The highest BCUT2D eigenvalue weighted by Crippen LogP contribution is 2.27. The predicted molar refractivity (Wildman–Crippen MR) is 89.2 cm³/mol. The van der Waals surface area contributed by atoms with E-state index in [1.165, 1.54) is 11.3 Å². The molecule has 118 valence electrons. The number of thiazole rings is 1. The third-order valence-electron chi connectivity index (χ3n) is 3.71. The number of pyridine rings is 1. The Morgan fingerprint density at radius 1 is 1.21 bits per heavy atom. The molecule has 3 aromatic rings. The SMILES string of the molecule is Cn1c(O)c(C2=c3ccccc3=NC2=O)sc1=Nc1cccnc1. The Kier molecular flexibility index (Phi) is 3.35. The maximum Gasteiger partial charge on any atom is 0.279 e. The number of fused-ring (bicyclic) bond motifs is 1. The summed E-state index contributed by atoms with van der Waals surface area (Å²) in [7, 11) is 1.70. The molecule has 1 amide bonds.